The Morgan fingerprint density at radius 1 is 1.35 bits per heavy atom. The molecule has 1 saturated heterocycles. The van der Waals surface area contributed by atoms with Crippen LogP contribution in [0.5, 0.6) is 0 Å². The Hall–Kier alpha value is -0.610. The second kappa shape index (κ2) is 5.36. The Labute approximate surface area is 103 Å². The fourth-order valence-electron chi connectivity index (χ4n) is 2.29. The highest BCUT2D eigenvalue weighted by atomic mass is 16.5. The van der Waals surface area contributed by atoms with E-state index in [1.807, 2.05) is 0 Å². The lowest BCUT2D eigenvalue weighted by Gasteiger charge is -2.38. The zero-order valence-corrected chi connectivity index (χ0v) is 10.9. The number of hydrogen-bond acceptors (Lipinski definition) is 3. The quantitative estimate of drug-likeness (QED) is 0.759. The maximum absolute atomic E-state index is 11.6. The maximum atomic E-state index is 11.6. The van der Waals surface area contributed by atoms with Gasteiger partial charge in [-0.2, -0.15) is 0 Å². The highest BCUT2D eigenvalue weighted by Gasteiger charge is 2.31. The van der Waals surface area contributed by atoms with E-state index < -0.39 is 0 Å². The predicted octanol–water partition coefficient (Wildman–Crippen LogP) is 1.20. The van der Waals surface area contributed by atoms with Crippen molar-refractivity contribution in [2.24, 2.45) is 0 Å². The summed E-state index contributed by atoms with van der Waals surface area (Å²) in [5.74, 6) is 0.136. The van der Waals surface area contributed by atoms with E-state index in [2.05, 4.69) is 24.5 Å². The maximum Gasteiger partial charge on any atom is 0.234 e. The van der Waals surface area contributed by atoms with Gasteiger partial charge in [-0.25, -0.2) is 0 Å². The number of amides is 1. The minimum Gasteiger partial charge on any atom is -0.375 e. The molecule has 2 rings (SSSR count). The molecule has 0 radical (unpaired) electrons. The lowest BCUT2D eigenvalue weighted by molar-refractivity contribution is -0.121. The van der Waals surface area contributed by atoms with Gasteiger partial charge in [0.2, 0.25) is 5.91 Å². The van der Waals surface area contributed by atoms with Crippen molar-refractivity contribution < 1.29 is 9.53 Å². The second-order valence-corrected chi connectivity index (χ2v) is 5.56. The Balaban J connectivity index is 1.69. The summed E-state index contributed by atoms with van der Waals surface area (Å²) in [7, 11) is 0. The van der Waals surface area contributed by atoms with Crippen molar-refractivity contribution in [2.75, 3.05) is 13.2 Å². The highest BCUT2D eigenvalue weighted by molar-refractivity contribution is 5.78. The van der Waals surface area contributed by atoms with Gasteiger partial charge < -0.3 is 15.4 Å². The van der Waals surface area contributed by atoms with Crippen molar-refractivity contribution in [1.29, 1.82) is 0 Å². The molecule has 2 atom stereocenters. The van der Waals surface area contributed by atoms with Crippen LogP contribution in [-0.2, 0) is 9.53 Å². The minimum absolute atomic E-state index is 0.0110. The molecule has 4 nitrogen and oxygen atoms in total. The smallest absolute Gasteiger partial charge is 0.234 e. The third kappa shape index (κ3) is 3.96. The van der Waals surface area contributed by atoms with Crippen molar-refractivity contribution in [3.63, 3.8) is 0 Å². The number of carbonyl (C=O) groups excluding carboxylic acids is 1. The van der Waals surface area contributed by atoms with Crippen LogP contribution in [0.1, 0.15) is 46.0 Å². The van der Waals surface area contributed by atoms with Gasteiger partial charge >= 0.3 is 0 Å². The second-order valence-electron chi connectivity index (χ2n) is 5.56. The fourth-order valence-corrected chi connectivity index (χ4v) is 2.29. The lowest BCUT2D eigenvalue weighted by atomic mass is 9.90. The van der Waals surface area contributed by atoms with E-state index in [9.17, 15) is 4.79 Å². The van der Waals surface area contributed by atoms with E-state index in [1.54, 1.807) is 0 Å². The van der Waals surface area contributed by atoms with Crippen LogP contribution >= 0.6 is 0 Å². The fraction of sp³-hybridized carbons (Fsp3) is 0.923. The van der Waals surface area contributed by atoms with Gasteiger partial charge in [0.1, 0.15) is 0 Å². The van der Waals surface area contributed by atoms with Gasteiger partial charge in [-0.1, -0.05) is 6.92 Å². The summed E-state index contributed by atoms with van der Waals surface area (Å²) in [5.41, 5.74) is -0.0110. The van der Waals surface area contributed by atoms with Gasteiger partial charge in [-0.15, -0.1) is 0 Å². The normalized spacial score (nSPS) is 33.4. The number of nitrogens with one attached hydrogen (secondary N) is 2. The Bertz CT molecular complexity index is 279. The van der Waals surface area contributed by atoms with E-state index in [0.717, 1.165) is 38.7 Å². The average Bonchev–Trinajstić information content (AvgIpc) is 3.11. The third-order valence-electron chi connectivity index (χ3n) is 3.84. The molecule has 2 fully saturated rings. The van der Waals surface area contributed by atoms with Gasteiger partial charge in [-0.05, 0) is 39.0 Å². The summed E-state index contributed by atoms with van der Waals surface area (Å²) in [6, 6.07) is 0.874. The molecule has 0 spiro atoms. The summed E-state index contributed by atoms with van der Waals surface area (Å²) in [6.07, 6.45) is 5.33. The topological polar surface area (TPSA) is 50.4 Å². The van der Waals surface area contributed by atoms with E-state index in [-0.39, 0.29) is 11.5 Å². The van der Waals surface area contributed by atoms with Crippen molar-refractivity contribution in [3.8, 4) is 0 Å². The van der Waals surface area contributed by atoms with Crippen LogP contribution in [0.2, 0.25) is 0 Å². The molecule has 0 bridgehead atoms. The molecule has 1 saturated carbocycles. The van der Waals surface area contributed by atoms with Gasteiger partial charge in [0, 0.05) is 18.7 Å². The third-order valence-corrected chi connectivity index (χ3v) is 3.84. The molecule has 2 N–H and O–H groups in total. The van der Waals surface area contributed by atoms with E-state index in [4.69, 9.17) is 4.74 Å². The first-order valence-corrected chi connectivity index (χ1v) is 6.78. The molecule has 1 aliphatic heterocycles. The molecule has 0 aromatic carbocycles. The molecular formula is C13H24N2O2. The zero-order valence-electron chi connectivity index (χ0n) is 10.9. The molecule has 2 unspecified atom stereocenters. The summed E-state index contributed by atoms with van der Waals surface area (Å²) >= 11 is 0. The monoisotopic (exact) mass is 240 g/mol. The largest absolute Gasteiger partial charge is 0.375 e. The first-order chi connectivity index (χ1) is 8.11. The number of rotatable bonds is 5. The zero-order chi connectivity index (χ0) is 12.3. The first-order valence-electron chi connectivity index (χ1n) is 6.78. The number of hydrogen-bond donors (Lipinski definition) is 2. The van der Waals surface area contributed by atoms with Crippen LogP contribution in [0.15, 0.2) is 0 Å². The molecule has 0 aromatic rings. The average molecular weight is 240 g/mol. The first kappa shape index (κ1) is 12.8. The standard InChI is InChI=1S/C13H24N2O2/c1-3-13(2)8-11(6-7-17-13)14-9-12(16)15-10-4-5-10/h10-11,14H,3-9H2,1-2H3,(H,15,16). The molecule has 2 aliphatic rings. The van der Waals surface area contributed by atoms with Gasteiger partial charge in [0.25, 0.3) is 0 Å². The number of ether oxygens (including phenoxy) is 1. The van der Waals surface area contributed by atoms with Crippen molar-refractivity contribution >= 4 is 5.91 Å². The van der Waals surface area contributed by atoms with Crippen LogP contribution in [0.4, 0.5) is 0 Å². The molecule has 1 heterocycles. The van der Waals surface area contributed by atoms with Gasteiger partial charge in [0.15, 0.2) is 0 Å². The summed E-state index contributed by atoms with van der Waals surface area (Å²) < 4.78 is 5.79. The molecular weight excluding hydrogens is 216 g/mol. The Morgan fingerprint density at radius 3 is 2.76 bits per heavy atom. The number of carbonyl (C=O) groups is 1. The van der Waals surface area contributed by atoms with Crippen molar-refractivity contribution in [2.45, 2.75) is 63.6 Å². The Kier molecular flexibility index (Phi) is 4.05. The predicted molar refractivity (Wildman–Crippen MR) is 66.8 cm³/mol. The molecule has 17 heavy (non-hydrogen) atoms. The van der Waals surface area contributed by atoms with Crippen LogP contribution in [0.3, 0.4) is 0 Å². The molecule has 4 heteroatoms. The van der Waals surface area contributed by atoms with Crippen LogP contribution in [0, 0.1) is 0 Å². The summed E-state index contributed by atoms with van der Waals surface area (Å²) in [5, 5.41) is 6.35. The lowest BCUT2D eigenvalue weighted by Crippen LogP contribution is -2.47. The van der Waals surface area contributed by atoms with E-state index in [0.29, 0.717) is 18.6 Å². The van der Waals surface area contributed by atoms with Crippen LogP contribution in [0.25, 0.3) is 0 Å². The minimum atomic E-state index is -0.0110. The Morgan fingerprint density at radius 2 is 2.12 bits per heavy atom. The van der Waals surface area contributed by atoms with E-state index >= 15 is 0 Å². The van der Waals surface area contributed by atoms with Crippen molar-refractivity contribution in [3.05, 3.63) is 0 Å². The molecule has 1 amide bonds. The SMILES string of the molecule is CCC1(C)CC(NCC(=O)NC2CC2)CCO1. The molecule has 98 valence electrons. The van der Waals surface area contributed by atoms with Gasteiger partial charge in [-0.3, -0.25) is 4.79 Å². The summed E-state index contributed by atoms with van der Waals surface area (Å²) in [4.78, 5) is 11.6. The van der Waals surface area contributed by atoms with Gasteiger partial charge in [0.05, 0.1) is 12.1 Å². The summed E-state index contributed by atoms with van der Waals surface area (Å²) in [6.45, 7) is 5.56. The highest BCUT2D eigenvalue weighted by Crippen LogP contribution is 2.27. The van der Waals surface area contributed by atoms with Crippen LogP contribution < -0.4 is 10.6 Å². The van der Waals surface area contributed by atoms with Crippen LogP contribution in [-0.4, -0.2) is 36.7 Å². The molecule has 0 aromatic heterocycles. The molecule has 1 aliphatic carbocycles. The van der Waals surface area contributed by atoms with Crippen molar-refractivity contribution in [1.82, 2.24) is 10.6 Å². The van der Waals surface area contributed by atoms with E-state index in [1.165, 1.54) is 0 Å².